The number of methoxy groups -OCH3 is 1. The lowest BCUT2D eigenvalue weighted by atomic mass is 10.1. The highest BCUT2D eigenvalue weighted by Crippen LogP contribution is 2.38. The largest absolute Gasteiger partial charge is 0.494 e. The van der Waals surface area contributed by atoms with Gasteiger partial charge in [0.15, 0.2) is 0 Å². The summed E-state index contributed by atoms with van der Waals surface area (Å²) in [5.74, 6) is -0.159. The number of aromatic nitrogens is 4. The quantitative estimate of drug-likeness (QED) is 0.126. The Balaban J connectivity index is 1.79. The van der Waals surface area contributed by atoms with Crippen LogP contribution in [0.2, 0.25) is 0 Å². The van der Waals surface area contributed by atoms with Gasteiger partial charge < -0.3 is 29.9 Å². The Bertz CT molecular complexity index is 1680. The number of benzene rings is 1. The Kier molecular flexibility index (Phi) is 10.3. The van der Waals surface area contributed by atoms with E-state index in [4.69, 9.17) is 14.5 Å². The summed E-state index contributed by atoms with van der Waals surface area (Å²) in [4.78, 5) is 39.1. The van der Waals surface area contributed by atoms with Crippen LogP contribution in [0.5, 0.6) is 5.75 Å². The van der Waals surface area contributed by atoms with Gasteiger partial charge in [-0.15, -0.1) is 0 Å². The average molecular weight is 599 g/mol. The number of pyridine rings is 1. The Morgan fingerprint density at radius 2 is 1.91 bits per heavy atom. The first-order chi connectivity index (χ1) is 21.1. The number of likely N-dealkylation sites (N-methyl/N-ethyl adjacent to an activating group) is 2. The zero-order valence-corrected chi connectivity index (χ0v) is 25.9. The van der Waals surface area contributed by atoms with E-state index in [0.717, 1.165) is 17.7 Å². The smallest absolute Gasteiger partial charge is 0.342 e. The van der Waals surface area contributed by atoms with Crippen LogP contribution in [-0.4, -0.2) is 83.8 Å². The van der Waals surface area contributed by atoms with Crippen molar-refractivity contribution in [3.05, 3.63) is 79.3 Å². The molecule has 0 fully saturated rings. The van der Waals surface area contributed by atoms with E-state index in [-0.39, 0.29) is 23.5 Å². The van der Waals surface area contributed by atoms with E-state index < -0.39 is 5.97 Å². The summed E-state index contributed by atoms with van der Waals surface area (Å²) >= 11 is 0. The normalized spacial score (nSPS) is 11.3. The summed E-state index contributed by atoms with van der Waals surface area (Å²) in [6, 6.07) is 9.24. The number of hydrogen-bond acceptors (Lipinski definition) is 10. The van der Waals surface area contributed by atoms with Gasteiger partial charge in [-0.1, -0.05) is 24.8 Å². The van der Waals surface area contributed by atoms with Crippen molar-refractivity contribution in [1.82, 2.24) is 24.5 Å². The van der Waals surface area contributed by atoms with Crippen molar-refractivity contribution >= 4 is 40.4 Å². The summed E-state index contributed by atoms with van der Waals surface area (Å²) in [7, 11) is 7.51. The van der Waals surface area contributed by atoms with Gasteiger partial charge in [0, 0.05) is 50.2 Å². The maximum atomic E-state index is 13.1. The third kappa shape index (κ3) is 7.58. The predicted molar refractivity (Wildman–Crippen MR) is 173 cm³/mol. The van der Waals surface area contributed by atoms with Crippen molar-refractivity contribution in [2.75, 3.05) is 56.9 Å². The van der Waals surface area contributed by atoms with Gasteiger partial charge in [-0.05, 0) is 46.1 Å². The molecule has 4 rings (SSSR count). The molecule has 0 bridgehead atoms. The minimum absolute atomic E-state index is 0.201. The van der Waals surface area contributed by atoms with Crippen molar-refractivity contribution in [3.63, 3.8) is 0 Å². The monoisotopic (exact) mass is 598 g/mol. The molecular weight excluding hydrogens is 560 g/mol. The van der Waals surface area contributed by atoms with E-state index in [2.05, 4.69) is 32.2 Å². The maximum absolute atomic E-state index is 13.1. The number of rotatable bonds is 13. The highest BCUT2D eigenvalue weighted by molar-refractivity contribution is 6.03. The third-order valence-corrected chi connectivity index (χ3v) is 6.53. The second-order valence-electron chi connectivity index (χ2n) is 10.5. The molecule has 0 spiro atoms. The molecule has 0 aliphatic rings. The average Bonchev–Trinajstić information content (AvgIpc) is 3.42. The summed E-state index contributed by atoms with van der Waals surface area (Å²) < 4.78 is 12.9. The lowest BCUT2D eigenvalue weighted by Gasteiger charge is -2.26. The summed E-state index contributed by atoms with van der Waals surface area (Å²) in [5.41, 5.74) is 3.77. The third-order valence-electron chi connectivity index (χ3n) is 6.53. The van der Waals surface area contributed by atoms with Crippen LogP contribution in [0.1, 0.15) is 24.2 Å². The van der Waals surface area contributed by atoms with Crippen LogP contribution in [-0.2, 0) is 9.53 Å². The number of nitrogens with one attached hydrogen (secondary N) is 2. The van der Waals surface area contributed by atoms with Gasteiger partial charge in [0.1, 0.15) is 11.3 Å². The fraction of sp³-hybridized carbons (Fsp3) is 0.281. The van der Waals surface area contributed by atoms with Crippen molar-refractivity contribution in [1.29, 1.82) is 0 Å². The van der Waals surface area contributed by atoms with Crippen LogP contribution in [0, 0.1) is 0 Å². The van der Waals surface area contributed by atoms with Crippen molar-refractivity contribution in [2.24, 2.45) is 0 Å². The molecule has 230 valence electrons. The highest BCUT2D eigenvalue weighted by atomic mass is 16.5. The standard InChI is InChI=1S/C32H38N8O4/c1-8-9-13-29(41)35-24-17-25(28(43-7)18-27(24)39(6)16-15-38(4)5)36-32-33-19-23(31(42)44-21(2)3)30(37-32)22-20-34-40-14-11-10-12-26(22)40/h8-14,17-21H,1,15-16H2,2-7H3,(H,35,41)(H,33,36,37)/b13-9-. The maximum Gasteiger partial charge on any atom is 0.342 e. The molecule has 0 atom stereocenters. The number of ether oxygens (including phenoxy) is 2. The fourth-order valence-electron chi connectivity index (χ4n) is 4.36. The van der Waals surface area contributed by atoms with Crippen molar-refractivity contribution < 1.29 is 19.1 Å². The predicted octanol–water partition coefficient (Wildman–Crippen LogP) is 4.79. The number of esters is 1. The van der Waals surface area contributed by atoms with Gasteiger partial charge in [0.05, 0.1) is 47.7 Å². The molecule has 3 heterocycles. The van der Waals surface area contributed by atoms with Crippen LogP contribution < -0.4 is 20.3 Å². The SMILES string of the molecule is C=C/C=C\C(=O)Nc1cc(Nc2ncc(C(=O)OC(C)C)c(-c3cnn4ccccc34)n2)c(OC)cc1N(C)CCN(C)C. The number of allylic oxidation sites excluding steroid dienone is 2. The van der Waals surface area contributed by atoms with Gasteiger partial charge in [-0.2, -0.15) is 5.10 Å². The van der Waals surface area contributed by atoms with Crippen LogP contribution >= 0.6 is 0 Å². The van der Waals surface area contributed by atoms with Gasteiger partial charge in [0.25, 0.3) is 0 Å². The molecule has 1 aromatic carbocycles. The van der Waals surface area contributed by atoms with E-state index >= 15 is 0 Å². The highest BCUT2D eigenvalue weighted by Gasteiger charge is 2.22. The first-order valence-electron chi connectivity index (χ1n) is 14.1. The number of carbonyl (C=O) groups is 2. The van der Waals surface area contributed by atoms with Crippen LogP contribution in [0.3, 0.4) is 0 Å². The van der Waals surface area contributed by atoms with E-state index in [1.54, 1.807) is 43.8 Å². The second-order valence-corrected chi connectivity index (χ2v) is 10.5. The molecule has 1 amide bonds. The fourth-order valence-corrected chi connectivity index (χ4v) is 4.36. The first-order valence-corrected chi connectivity index (χ1v) is 14.1. The minimum atomic E-state index is -0.544. The van der Waals surface area contributed by atoms with Crippen molar-refractivity contribution in [2.45, 2.75) is 20.0 Å². The van der Waals surface area contributed by atoms with E-state index in [1.807, 2.05) is 56.5 Å². The molecule has 12 heteroatoms. The second kappa shape index (κ2) is 14.3. The van der Waals surface area contributed by atoms with Gasteiger partial charge in [0.2, 0.25) is 11.9 Å². The lowest BCUT2D eigenvalue weighted by molar-refractivity contribution is -0.111. The number of amides is 1. The van der Waals surface area contributed by atoms with E-state index in [1.165, 1.54) is 18.3 Å². The lowest BCUT2D eigenvalue weighted by Crippen LogP contribution is -2.29. The Labute approximate surface area is 257 Å². The van der Waals surface area contributed by atoms with Crippen LogP contribution in [0.15, 0.2) is 73.7 Å². The number of hydrogen-bond donors (Lipinski definition) is 2. The zero-order chi connectivity index (χ0) is 31.8. The van der Waals surface area contributed by atoms with Crippen LogP contribution in [0.4, 0.5) is 23.0 Å². The van der Waals surface area contributed by atoms with Gasteiger partial charge in [-0.3, -0.25) is 4.79 Å². The Hall–Kier alpha value is -5.23. The van der Waals surface area contributed by atoms with Crippen molar-refractivity contribution in [3.8, 4) is 17.0 Å². The number of anilines is 4. The molecule has 0 aliphatic heterocycles. The molecule has 12 nitrogen and oxygen atoms in total. The molecule has 0 saturated carbocycles. The molecule has 0 aliphatic carbocycles. The molecule has 0 saturated heterocycles. The number of carbonyl (C=O) groups excluding carboxylic acids is 2. The van der Waals surface area contributed by atoms with Gasteiger partial charge >= 0.3 is 5.97 Å². The number of fused-ring (bicyclic) bond motifs is 1. The molecule has 2 N–H and O–H groups in total. The first kappa shape index (κ1) is 31.7. The number of nitrogens with zero attached hydrogens (tertiary/aromatic N) is 6. The molecule has 4 aromatic rings. The zero-order valence-electron chi connectivity index (χ0n) is 25.9. The molecule has 3 aromatic heterocycles. The van der Waals surface area contributed by atoms with Gasteiger partial charge in [-0.25, -0.2) is 19.3 Å². The molecule has 0 unspecified atom stereocenters. The molecule has 0 radical (unpaired) electrons. The van der Waals surface area contributed by atoms with E-state index in [0.29, 0.717) is 34.9 Å². The van der Waals surface area contributed by atoms with E-state index in [9.17, 15) is 9.59 Å². The minimum Gasteiger partial charge on any atom is -0.494 e. The molecular formula is C32H38N8O4. The summed E-state index contributed by atoms with van der Waals surface area (Å²) in [5, 5.41) is 10.6. The van der Waals surface area contributed by atoms with Crippen LogP contribution in [0.25, 0.3) is 16.8 Å². The Morgan fingerprint density at radius 1 is 1.11 bits per heavy atom. The Morgan fingerprint density at radius 3 is 2.61 bits per heavy atom. The summed E-state index contributed by atoms with van der Waals surface area (Å²) in [6.45, 7) is 8.69. The topological polar surface area (TPSA) is 126 Å². The molecule has 44 heavy (non-hydrogen) atoms. The summed E-state index contributed by atoms with van der Waals surface area (Å²) in [6.07, 6.45) is 9.06.